The van der Waals surface area contributed by atoms with Crippen LogP contribution in [0.25, 0.3) is 0 Å². The van der Waals surface area contributed by atoms with Crippen molar-refractivity contribution in [3.8, 4) is 0 Å². The lowest BCUT2D eigenvalue weighted by molar-refractivity contribution is -0.106. The number of rotatable bonds is 12. The smallest absolute Gasteiger partial charge is 0.354 e. The Labute approximate surface area is 503 Å². The third-order valence-electron chi connectivity index (χ3n) is 14.3. The molecule has 4 aromatic rings. The summed E-state index contributed by atoms with van der Waals surface area (Å²) in [6.07, 6.45) is 6.69. The Kier molecular flexibility index (Phi) is 32.9. The number of ether oxygens (including phenoxy) is 8. The van der Waals surface area contributed by atoms with Gasteiger partial charge in [0.05, 0.1) is 126 Å². The Balaban J connectivity index is 0.000000297. The number of carboxylic acids is 4. The number of carbonyl (C=O) groups excluding carboxylic acids is 1. The van der Waals surface area contributed by atoms with E-state index in [0.29, 0.717) is 181 Å². The molecule has 2 aliphatic carbocycles. The second-order valence-corrected chi connectivity index (χ2v) is 20.6. The highest BCUT2D eigenvalue weighted by molar-refractivity contribution is 5.86. The average molecular weight is 1210 g/mol. The maximum atomic E-state index is 11.3. The van der Waals surface area contributed by atoms with Crippen molar-refractivity contribution in [1.29, 1.82) is 0 Å². The van der Waals surface area contributed by atoms with E-state index in [2.05, 4.69) is 39.5 Å². The van der Waals surface area contributed by atoms with Crippen molar-refractivity contribution in [2.45, 2.75) is 103 Å². The molecule has 0 amide bonds. The Morgan fingerprint density at radius 2 is 0.605 bits per heavy atom. The molecule has 4 aromatic heterocycles. The van der Waals surface area contributed by atoms with E-state index < -0.39 is 23.9 Å². The number of hydrogen-bond acceptors (Lipinski definition) is 21. The molecule has 2 saturated carbocycles. The van der Waals surface area contributed by atoms with Gasteiger partial charge in [-0.05, 0) is 94.0 Å². The molecule has 0 aromatic carbocycles. The zero-order valence-electron chi connectivity index (χ0n) is 48.7. The number of nitrogens with zero attached hydrogens (tertiary/aromatic N) is 8. The van der Waals surface area contributed by atoms with Crippen molar-refractivity contribution in [3.05, 3.63) is 118 Å². The van der Waals surface area contributed by atoms with Crippen LogP contribution in [-0.2, 0) is 68.9 Å². The third-order valence-corrected chi connectivity index (χ3v) is 14.3. The summed E-state index contributed by atoms with van der Waals surface area (Å²) in [6.45, 7) is 14.4. The van der Waals surface area contributed by atoms with E-state index in [1.54, 1.807) is 24.3 Å². The summed E-state index contributed by atoms with van der Waals surface area (Å²) in [5.74, 6) is -4.18. The second-order valence-electron chi connectivity index (χ2n) is 20.6. The van der Waals surface area contributed by atoms with Gasteiger partial charge in [-0.1, -0.05) is 31.7 Å². The van der Waals surface area contributed by atoms with Crippen LogP contribution in [0.15, 0.2) is 72.8 Å². The molecule has 4 fully saturated rings. The van der Waals surface area contributed by atoms with Crippen molar-refractivity contribution in [2.24, 2.45) is 0 Å². The monoisotopic (exact) mass is 1200 g/mol. The number of aromatic nitrogens is 4. The van der Waals surface area contributed by atoms with Gasteiger partial charge in [0.2, 0.25) is 0 Å². The van der Waals surface area contributed by atoms with Gasteiger partial charge in [-0.3, -0.25) is 19.6 Å². The van der Waals surface area contributed by atoms with Crippen molar-refractivity contribution in [1.82, 2.24) is 39.5 Å². The average Bonchev–Trinajstić information content (AvgIpc) is 4.24. The van der Waals surface area contributed by atoms with Crippen LogP contribution in [0.5, 0.6) is 0 Å². The maximum absolute atomic E-state index is 11.3. The molecular formula is C61H88N8O17. The SMILES string of the molecule is C.CC=O.O=C(O)c1cccc(CN2CCOCCOCCN(Cc3cccc(C(=O)O)n3)CCO[C@@H]3CCC[C@@H]3OCC2)n1.O=C(O)c1cccc(CN2CCOCCOCCN(Cc3cccc(C(=O)O)n3)CCO[C@@H]3CCC[C@@H]3OCC2)n1. The Morgan fingerprint density at radius 3 is 0.814 bits per heavy atom. The van der Waals surface area contributed by atoms with Crippen LogP contribution in [0, 0.1) is 0 Å². The lowest BCUT2D eigenvalue weighted by atomic mass is 10.2. The predicted octanol–water partition coefficient (Wildman–Crippen LogP) is 5.20. The molecule has 8 rings (SSSR count). The first-order valence-corrected chi connectivity index (χ1v) is 29.2. The number of carboxylic acid groups (broad SMARTS) is 4. The fourth-order valence-electron chi connectivity index (χ4n) is 10.0. The molecule has 4 atom stereocenters. The zero-order chi connectivity index (χ0) is 60.4. The molecule has 6 heterocycles. The molecule has 0 bridgehead atoms. The second kappa shape index (κ2) is 40.2. The largest absolute Gasteiger partial charge is 0.477 e. The molecule has 2 aliphatic heterocycles. The van der Waals surface area contributed by atoms with E-state index >= 15 is 0 Å². The highest BCUT2D eigenvalue weighted by Gasteiger charge is 2.31. The van der Waals surface area contributed by atoms with Gasteiger partial charge in [0.25, 0.3) is 0 Å². The summed E-state index contributed by atoms with van der Waals surface area (Å²) in [5.41, 5.74) is 2.87. The van der Waals surface area contributed by atoms with Crippen molar-refractivity contribution >= 4 is 30.2 Å². The van der Waals surface area contributed by atoms with Gasteiger partial charge in [-0.25, -0.2) is 39.1 Å². The number of aromatic carboxylic acids is 4. The van der Waals surface area contributed by atoms with Crippen molar-refractivity contribution < 1.29 is 82.3 Å². The molecule has 86 heavy (non-hydrogen) atoms. The summed E-state index contributed by atoms with van der Waals surface area (Å²) < 4.78 is 48.4. The van der Waals surface area contributed by atoms with Crippen LogP contribution in [0.2, 0.25) is 0 Å². The Morgan fingerprint density at radius 1 is 0.395 bits per heavy atom. The molecular weight excluding hydrogens is 1120 g/mol. The van der Waals surface area contributed by atoms with Crippen LogP contribution in [0.4, 0.5) is 0 Å². The molecule has 0 spiro atoms. The fourth-order valence-corrected chi connectivity index (χ4v) is 10.0. The van der Waals surface area contributed by atoms with Crippen molar-refractivity contribution in [2.75, 3.05) is 132 Å². The first-order valence-electron chi connectivity index (χ1n) is 29.2. The zero-order valence-corrected chi connectivity index (χ0v) is 48.7. The van der Waals surface area contributed by atoms with Crippen LogP contribution < -0.4 is 0 Å². The summed E-state index contributed by atoms with van der Waals surface area (Å²) in [4.78, 5) is 79.9. The van der Waals surface area contributed by atoms with Crippen LogP contribution in [0.3, 0.4) is 0 Å². The van der Waals surface area contributed by atoms with Gasteiger partial charge in [-0.2, -0.15) is 0 Å². The van der Waals surface area contributed by atoms with Gasteiger partial charge in [0.15, 0.2) is 0 Å². The summed E-state index contributed by atoms with van der Waals surface area (Å²) in [5, 5.41) is 37.1. The Bertz CT molecular complexity index is 2300. The summed E-state index contributed by atoms with van der Waals surface area (Å²) in [7, 11) is 0. The molecule has 4 N–H and O–H groups in total. The number of carbonyl (C=O) groups is 5. The first-order chi connectivity index (χ1) is 41.4. The quantitative estimate of drug-likeness (QED) is 0.133. The van der Waals surface area contributed by atoms with Gasteiger partial charge in [-0.15, -0.1) is 0 Å². The molecule has 25 heteroatoms. The standard InChI is InChI=1S/2C29H40N4O8.C2H4O.CH4/c2*34-28(35)24-6-1-4-22(30-24)20-32-10-14-38-18-19-39-15-11-33(21-23-5-2-7-25(31-23)29(36)37)13-17-41-27-9-3-8-26(27)40-16-12-32;1-2-3;/h2*1-2,4-7,26-27H,3,8-21H2,(H,34,35)(H,36,37);2H,1H3;1H4/t2*26-,27+;;. The van der Waals surface area contributed by atoms with E-state index in [4.69, 9.17) is 42.7 Å². The first kappa shape index (κ1) is 70.4. The fraction of sp³-hybridized carbons (Fsp3) is 0.590. The van der Waals surface area contributed by atoms with Gasteiger partial charge in [0.1, 0.15) is 29.1 Å². The van der Waals surface area contributed by atoms with Gasteiger partial charge >= 0.3 is 23.9 Å². The van der Waals surface area contributed by atoms with Crippen LogP contribution >= 0.6 is 0 Å². The minimum atomic E-state index is -1.04. The number of fused-ring (bicyclic) bond motifs is 2. The molecule has 4 aliphatic rings. The molecule has 2 saturated heterocycles. The predicted molar refractivity (Wildman–Crippen MR) is 314 cm³/mol. The van der Waals surface area contributed by atoms with E-state index in [9.17, 15) is 39.6 Å². The van der Waals surface area contributed by atoms with Crippen molar-refractivity contribution in [3.63, 3.8) is 0 Å². The van der Waals surface area contributed by atoms with Gasteiger partial charge in [0, 0.05) is 78.5 Å². The van der Waals surface area contributed by atoms with Crippen LogP contribution in [0.1, 0.15) is 118 Å². The van der Waals surface area contributed by atoms with E-state index in [1.165, 1.54) is 31.2 Å². The molecule has 25 nitrogen and oxygen atoms in total. The Hall–Kier alpha value is -6.33. The van der Waals surface area contributed by atoms with Crippen LogP contribution in [-0.4, -0.2) is 246 Å². The number of hydrogen-bond donors (Lipinski definition) is 4. The topological polar surface area (TPSA) is 305 Å². The number of aldehydes is 1. The minimum absolute atomic E-state index is 0. The molecule has 474 valence electrons. The maximum Gasteiger partial charge on any atom is 0.354 e. The van der Waals surface area contributed by atoms with E-state index in [1.807, 2.05) is 24.3 Å². The van der Waals surface area contributed by atoms with Gasteiger partial charge < -0.3 is 63.1 Å². The van der Waals surface area contributed by atoms with E-state index in [0.717, 1.165) is 44.8 Å². The summed E-state index contributed by atoms with van der Waals surface area (Å²) in [6, 6.07) is 20.1. The normalized spacial score (nSPS) is 21.9. The number of pyridine rings is 4. The lowest BCUT2D eigenvalue weighted by Crippen LogP contribution is -2.36. The molecule has 0 radical (unpaired) electrons. The highest BCUT2D eigenvalue weighted by atomic mass is 16.6. The highest BCUT2D eigenvalue weighted by Crippen LogP contribution is 2.26. The molecule has 0 unspecified atom stereocenters. The third kappa shape index (κ3) is 26.3. The summed E-state index contributed by atoms with van der Waals surface area (Å²) >= 11 is 0. The lowest BCUT2D eigenvalue weighted by Gasteiger charge is -2.27. The minimum Gasteiger partial charge on any atom is -0.477 e. The van der Waals surface area contributed by atoms with E-state index in [-0.39, 0.29) is 54.6 Å².